The number of carbonyl (C=O) groups is 1. The maximum Gasteiger partial charge on any atom is 0.417 e. The monoisotopic (exact) mass is 324 g/mol. The summed E-state index contributed by atoms with van der Waals surface area (Å²) in [4.78, 5) is 15.0. The SMILES string of the molecule is O=C(O)n1ccc2cnc(-c3cc(F)ccc3C(F)(F)F)cc21. The summed E-state index contributed by atoms with van der Waals surface area (Å²) in [6.07, 6.45) is -3.47. The van der Waals surface area contributed by atoms with Gasteiger partial charge < -0.3 is 5.11 Å². The topological polar surface area (TPSA) is 55.1 Å². The van der Waals surface area contributed by atoms with Crippen molar-refractivity contribution in [2.75, 3.05) is 0 Å². The summed E-state index contributed by atoms with van der Waals surface area (Å²) in [5.74, 6) is -0.844. The lowest BCUT2D eigenvalue weighted by Gasteiger charge is -2.12. The predicted molar refractivity (Wildman–Crippen MR) is 73.6 cm³/mol. The summed E-state index contributed by atoms with van der Waals surface area (Å²) in [7, 11) is 0. The number of carboxylic acid groups (broad SMARTS) is 1. The zero-order valence-electron chi connectivity index (χ0n) is 11.3. The van der Waals surface area contributed by atoms with Gasteiger partial charge in [0.2, 0.25) is 0 Å². The minimum absolute atomic E-state index is 0.162. The number of pyridine rings is 1. The summed E-state index contributed by atoms with van der Waals surface area (Å²) in [6.45, 7) is 0. The molecule has 0 saturated carbocycles. The highest BCUT2D eigenvalue weighted by Crippen LogP contribution is 2.37. The Bertz CT molecular complexity index is 915. The van der Waals surface area contributed by atoms with E-state index in [1.54, 1.807) is 0 Å². The van der Waals surface area contributed by atoms with Gasteiger partial charge in [-0.25, -0.2) is 9.18 Å². The van der Waals surface area contributed by atoms with Crippen LogP contribution in [0.15, 0.2) is 42.7 Å². The number of aromatic nitrogens is 2. The summed E-state index contributed by atoms with van der Waals surface area (Å²) in [6, 6.07) is 4.73. The summed E-state index contributed by atoms with van der Waals surface area (Å²) >= 11 is 0. The van der Waals surface area contributed by atoms with Crippen molar-refractivity contribution in [3.05, 3.63) is 54.1 Å². The molecule has 0 aliphatic heterocycles. The van der Waals surface area contributed by atoms with Crippen molar-refractivity contribution in [1.29, 1.82) is 0 Å². The summed E-state index contributed by atoms with van der Waals surface area (Å²) < 4.78 is 53.5. The fourth-order valence-electron chi connectivity index (χ4n) is 2.32. The molecule has 0 fully saturated rings. The minimum Gasteiger partial charge on any atom is -0.464 e. The van der Waals surface area contributed by atoms with E-state index in [9.17, 15) is 22.4 Å². The lowest BCUT2D eigenvalue weighted by molar-refractivity contribution is -0.137. The number of rotatable bonds is 1. The van der Waals surface area contributed by atoms with Gasteiger partial charge in [-0.1, -0.05) is 0 Å². The normalized spacial score (nSPS) is 11.8. The van der Waals surface area contributed by atoms with Crippen LogP contribution >= 0.6 is 0 Å². The van der Waals surface area contributed by atoms with Gasteiger partial charge in [-0.2, -0.15) is 13.2 Å². The molecule has 0 saturated heterocycles. The largest absolute Gasteiger partial charge is 0.464 e. The highest BCUT2D eigenvalue weighted by Gasteiger charge is 2.34. The van der Waals surface area contributed by atoms with Crippen molar-refractivity contribution in [2.24, 2.45) is 0 Å². The first-order valence-electron chi connectivity index (χ1n) is 6.35. The van der Waals surface area contributed by atoms with Crippen molar-refractivity contribution >= 4 is 17.0 Å². The molecule has 0 bridgehead atoms. The van der Waals surface area contributed by atoms with E-state index in [1.807, 2.05) is 0 Å². The van der Waals surface area contributed by atoms with Gasteiger partial charge in [0.05, 0.1) is 16.8 Å². The molecule has 0 unspecified atom stereocenters. The highest BCUT2D eigenvalue weighted by atomic mass is 19.4. The predicted octanol–water partition coefficient (Wildman–Crippen LogP) is 4.39. The van der Waals surface area contributed by atoms with E-state index in [0.717, 1.165) is 10.6 Å². The van der Waals surface area contributed by atoms with Crippen LogP contribution in [0.4, 0.5) is 22.4 Å². The third-order valence-corrected chi connectivity index (χ3v) is 3.34. The second kappa shape index (κ2) is 5.08. The molecule has 3 rings (SSSR count). The Morgan fingerprint density at radius 2 is 1.91 bits per heavy atom. The maximum absolute atomic E-state index is 13.4. The molecular weight excluding hydrogens is 316 g/mol. The molecule has 23 heavy (non-hydrogen) atoms. The number of alkyl halides is 3. The number of fused-ring (bicyclic) bond motifs is 1. The smallest absolute Gasteiger partial charge is 0.417 e. The van der Waals surface area contributed by atoms with Crippen LogP contribution in [-0.2, 0) is 6.18 Å². The molecule has 8 heteroatoms. The lowest BCUT2D eigenvalue weighted by Crippen LogP contribution is -2.08. The first-order valence-corrected chi connectivity index (χ1v) is 6.35. The molecule has 1 N–H and O–H groups in total. The van der Waals surface area contributed by atoms with E-state index in [4.69, 9.17) is 5.11 Å². The number of hydrogen-bond acceptors (Lipinski definition) is 2. The molecule has 0 radical (unpaired) electrons. The van der Waals surface area contributed by atoms with Gasteiger partial charge in [0.1, 0.15) is 5.82 Å². The van der Waals surface area contributed by atoms with E-state index in [0.29, 0.717) is 17.5 Å². The van der Waals surface area contributed by atoms with Crippen molar-refractivity contribution in [1.82, 2.24) is 9.55 Å². The molecule has 0 aliphatic carbocycles. The van der Waals surface area contributed by atoms with E-state index >= 15 is 0 Å². The Hall–Kier alpha value is -2.90. The summed E-state index contributed by atoms with van der Waals surface area (Å²) in [5.41, 5.74) is -1.48. The standard InChI is InChI=1S/C15H8F4N2O2/c16-9-1-2-11(15(17,18)19)10(5-9)12-6-13-8(7-20-12)3-4-21(13)14(22)23/h1-7H,(H,22,23). The average Bonchev–Trinajstić information content (AvgIpc) is 2.88. The van der Waals surface area contributed by atoms with Crippen molar-refractivity contribution in [3.63, 3.8) is 0 Å². The molecule has 118 valence electrons. The van der Waals surface area contributed by atoms with Crippen LogP contribution in [0.3, 0.4) is 0 Å². The lowest BCUT2D eigenvalue weighted by atomic mass is 10.0. The van der Waals surface area contributed by atoms with Gasteiger partial charge in [0.15, 0.2) is 0 Å². The Morgan fingerprint density at radius 3 is 2.57 bits per heavy atom. The van der Waals surface area contributed by atoms with E-state index < -0.39 is 29.2 Å². The maximum atomic E-state index is 13.4. The van der Waals surface area contributed by atoms with Crippen LogP contribution in [0.1, 0.15) is 5.56 Å². The molecule has 0 amide bonds. The zero-order chi connectivity index (χ0) is 16.8. The Kier molecular flexibility index (Phi) is 3.32. The van der Waals surface area contributed by atoms with Crippen LogP contribution < -0.4 is 0 Å². The Labute approximate surface area is 126 Å². The first kappa shape index (κ1) is 15.0. The fourth-order valence-corrected chi connectivity index (χ4v) is 2.32. The number of hydrogen-bond donors (Lipinski definition) is 1. The van der Waals surface area contributed by atoms with E-state index in [-0.39, 0.29) is 11.2 Å². The van der Waals surface area contributed by atoms with Crippen LogP contribution in [0.2, 0.25) is 0 Å². The molecule has 2 heterocycles. The Balaban J connectivity index is 2.26. The van der Waals surface area contributed by atoms with E-state index in [1.165, 1.54) is 24.5 Å². The molecule has 0 spiro atoms. The molecule has 2 aromatic heterocycles. The van der Waals surface area contributed by atoms with Crippen LogP contribution in [-0.4, -0.2) is 20.8 Å². The molecule has 0 atom stereocenters. The van der Waals surface area contributed by atoms with Gasteiger partial charge in [-0.3, -0.25) is 9.55 Å². The molecule has 3 aromatic rings. The average molecular weight is 324 g/mol. The van der Waals surface area contributed by atoms with Crippen molar-refractivity contribution < 1.29 is 27.5 Å². The quantitative estimate of drug-likeness (QED) is 0.676. The van der Waals surface area contributed by atoms with Gasteiger partial charge in [-0.15, -0.1) is 0 Å². The zero-order valence-corrected chi connectivity index (χ0v) is 11.3. The third-order valence-electron chi connectivity index (χ3n) is 3.34. The fraction of sp³-hybridized carbons (Fsp3) is 0.0667. The number of benzene rings is 1. The molecule has 1 aromatic carbocycles. The van der Waals surface area contributed by atoms with Crippen molar-refractivity contribution in [2.45, 2.75) is 6.18 Å². The van der Waals surface area contributed by atoms with Crippen LogP contribution in [0.5, 0.6) is 0 Å². The first-order chi connectivity index (χ1) is 10.8. The number of halogens is 4. The van der Waals surface area contributed by atoms with Gasteiger partial charge in [0.25, 0.3) is 0 Å². The molecular formula is C15H8F4N2O2. The Morgan fingerprint density at radius 1 is 1.17 bits per heavy atom. The number of nitrogens with zero attached hydrogens (tertiary/aromatic N) is 2. The second-order valence-corrected chi connectivity index (χ2v) is 4.78. The third kappa shape index (κ3) is 2.63. The summed E-state index contributed by atoms with van der Waals surface area (Å²) in [5, 5.41) is 9.51. The van der Waals surface area contributed by atoms with Gasteiger partial charge >= 0.3 is 12.3 Å². The van der Waals surface area contributed by atoms with Crippen LogP contribution in [0.25, 0.3) is 22.2 Å². The van der Waals surface area contributed by atoms with Gasteiger partial charge in [-0.05, 0) is 30.3 Å². The molecule has 0 aliphatic rings. The van der Waals surface area contributed by atoms with Crippen molar-refractivity contribution in [3.8, 4) is 11.3 Å². The highest BCUT2D eigenvalue weighted by molar-refractivity contribution is 5.90. The van der Waals surface area contributed by atoms with Gasteiger partial charge in [0, 0.05) is 23.3 Å². The van der Waals surface area contributed by atoms with Crippen LogP contribution in [0, 0.1) is 5.82 Å². The van der Waals surface area contributed by atoms with E-state index in [2.05, 4.69) is 4.98 Å². The second-order valence-electron chi connectivity index (χ2n) is 4.78. The minimum atomic E-state index is -4.69. The molecule has 4 nitrogen and oxygen atoms in total.